The minimum absolute atomic E-state index is 0.901. The first kappa shape index (κ1) is 9.99. The van der Waals surface area contributed by atoms with E-state index in [-0.39, 0.29) is 0 Å². The van der Waals surface area contributed by atoms with Crippen LogP contribution in [0, 0.1) is 0 Å². The molecule has 0 aliphatic rings. The van der Waals surface area contributed by atoms with Crippen LogP contribution in [0.3, 0.4) is 0 Å². The predicted molar refractivity (Wildman–Crippen MR) is 65.6 cm³/mol. The summed E-state index contributed by atoms with van der Waals surface area (Å²) in [5.41, 5.74) is 1.11. The zero-order valence-corrected chi connectivity index (χ0v) is 9.33. The van der Waals surface area contributed by atoms with E-state index in [0.717, 1.165) is 11.3 Å². The molecule has 1 heterocycles. The van der Waals surface area contributed by atoms with Crippen molar-refractivity contribution in [1.82, 2.24) is 0 Å². The minimum Gasteiger partial charge on any atom is -0.496 e. The molecule has 0 bridgehead atoms. The Morgan fingerprint density at radius 2 is 1.93 bits per heavy atom. The van der Waals surface area contributed by atoms with E-state index in [0.29, 0.717) is 0 Å². The molecule has 15 heavy (non-hydrogen) atoms. The van der Waals surface area contributed by atoms with E-state index in [2.05, 4.69) is 17.5 Å². The van der Waals surface area contributed by atoms with Crippen molar-refractivity contribution in [2.24, 2.45) is 0 Å². The largest absolute Gasteiger partial charge is 0.496 e. The Hall–Kier alpha value is -1.54. The van der Waals surface area contributed by atoms with Crippen molar-refractivity contribution < 1.29 is 4.74 Å². The van der Waals surface area contributed by atoms with Gasteiger partial charge >= 0.3 is 0 Å². The van der Waals surface area contributed by atoms with Crippen LogP contribution in [0.2, 0.25) is 0 Å². The van der Waals surface area contributed by atoms with Crippen LogP contribution < -0.4 is 0 Å². The highest BCUT2D eigenvalue weighted by Crippen LogP contribution is 2.20. The molecular weight excluding hydrogens is 204 g/mol. The zero-order chi connectivity index (χ0) is 10.5. The third-order valence-corrected chi connectivity index (χ3v) is 2.91. The average molecular weight is 216 g/mol. The normalized spacial score (nSPS) is 11.4. The number of hydrogen-bond acceptors (Lipinski definition) is 2. The van der Waals surface area contributed by atoms with Crippen LogP contribution in [-0.2, 0) is 4.74 Å². The fourth-order valence-electron chi connectivity index (χ4n) is 1.37. The van der Waals surface area contributed by atoms with Gasteiger partial charge in [0.15, 0.2) is 0 Å². The van der Waals surface area contributed by atoms with Crippen LogP contribution in [0.15, 0.2) is 47.8 Å². The van der Waals surface area contributed by atoms with Gasteiger partial charge in [-0.3, -0.25) is 0 Å². The first-order chi connectivity index (χ1) is 7.40. The fourth-order valence-corrected chi connectivity index (χ4v) is 2.01. The zero-order valence-electron chi connectivity index (χ0n) is 8.51. The maximum Gasteiger partial charge on any atom is 0.127 e. The molecule has 1 nitrogen and oxygen atoms in total. The van der Waals surface area contributed by atoms with Crippen LogP contribution in [0.4, 0.5) is 0 Å². The number of ether oxygens (including phenoxy) is 1. The van der Waals surface area contributed by atoms with Gasteiger partial charge in [0.1, 0.15) is 5.76 Å². The van der Waals surface area contributed by atoms with Crippen LogP contribution in [0.1, 0.15) is 10.4 Å². The number of hydrogen-bond donors (Lipinski definition) is 0. The van der Waals surface area contributed by atoms with Gasteiger partial charge in [0.2, 0.25) is 0 Å². The molecule has 0 unspecified atom stereocenters. The second-order valence-corrected chi connectivity index (χ2v) is 4.07. The molecule has 1 aromatic heterocycles. The fraction of sp³-hybridized carbons (Fsp3) is 0.0769. The number of benzene rings is 1. The first-order valence-electron chi connectivity index (χ1n) is 4.75. The lowest BCUT2D eigenvalue weighted by atomic mass is 10.2. The van der Waals surface area contributed by atoms with Crippen LogP contribution in [-0.4, -0.2) is 7.11 Å². The van der Waals surface area contributed by atoms with Crippen LogP contribution in [0.25, 0.3) is 11.8 Å². The molecule has 0 fully saturated rings. The summed E-state index contributed by atoms with van der Waals surface area (Å²) >= 11 is 1.70. The predicted octanol–water partition coefficient (Wildman–Crippen LogP) is 3.89. The van der Waals surface area contributed by atoms with Gasteiger partial charge in [0.05, 0.1) is 7.11 Å². The first-order valence-corrected chi connectivity index (χ1v) is 5.63. The standard InChI is InChI=1S/C13H12OS/c1-14-13(10-12-8-5-9-15-12)11-6-3-2-4-7-11/h2-10H,1H3/b13-10+. The summed E-state index contributed by atoms with van der Waals surface area (Å²) in [7, 11) is 1.70. The van der Waals surface area contributed by atoms with Crippen LogP contribution >= 0.6 is 11.3 Å². The summed E-state index contributed by atoms with van der Waals surface area (Å²) in [5.74, 6) is 0.901. The molecule has 2 aromatic rings. The smallest absolute Gasteiger partial charge is 0.127 e. The highest BCUT2D eigenvalue weighted by atomic mass is 32.1. The molecular formula is C13H12OS. The Labute approximate surface area is 93.6 Å². The van der Waals surface area contributed by atoms with Gasteiger partial charge in [-0.15, -0.1) is 11.3 Å². The Bertz CT molecular complexity index is 429. The van der Waals surface area contributed by atoms with Crippen molar-refractivity contribution in [3.05, 3.63) is 58.3 Å². The summed E-state index contributed by atoms with van der Waals surface area (Å²) in [6.07, 6.45) is 2.06. The van der Waals surface area contributed by atoms with Gasteiger partial charge in [-0.2, -0.15) is 0 Å². The van der Waals surface area contributed by atoms with Crippen molar-refractivity contribution in [3.8, 4) is 0 Å². The molecule has 0 N–H and O–H groups in total. The molecule has 2 heteroatoms. The number of rotatable bonds is 3. The molecule has 2 rings (SSSR count). The molecule has 0 saturated carbocycles. The molecule has 0 aliphatic heterocycles. The SMILES string of the molecule is CO/C(=C/c1cccs1)c1ccccc1. The lowest BCUT2D eigenvalue weighted by Crippen LogP contribution is -1.85. The monoisotopic (exact) mass is 216 g/mol. The second kappa shape index (κ2) is 4.80. The van der Waals surface area contributed by atoms with E-state index in [1.54, 1.807) is 18.4 Å². The molecule has 0 aliphatic carbocycles. The molecule has 1 aromatic carbocycles. The molecule has 0 saturated heterocycles. The third-order valence-electron chi connectivity index (χ3n) is 2.09. The summed E-state index contributed by atoms with van der Waals surface area (Å²) in [5, 5.41) is 2.06. The molecule has 76 valence electrons. The lowest BCUT2D eigenvalue weighted by Gasteiger charge is -2.05. The molecule has 0 radical (unpaired) electrons. The van der Waals surface area contributed by atoms with E-state index >= 15 is 0 Å². The lowest BCUT2D eigenvalue weighted by molar-refractivity contribution is 0.372. The highest BCUT2D eigenvalue weighted by molar-refractivity contribution is 7.10. The number of thiophene rings is 1. The Balaban J connectivity index is 2.33. The van der Waals surface area contributed by atoms with Crippen molar-refractivity contribution >= 4 is 23.2 Å². The topological polar surface area (TPSA) is 9.23 Å². The minimum atomic E-state index is 0.901. The summed E-state index contributed by atoms with van der Waals surface area (Å²) < 4.78 is 5.38. The van der Waals surface area contributed by atoms with Crippen LogP contribution in [0.5, 0.6) is 0 Å². The van der Waals surface area contributed by atoms with Crippen molar-refractivity contribution in [3.63, 3.8) is 0 Å². The van der Waals surface area contributed by atoms with E-state index in [1.165, 1.54) is 4.88 Å². The quantitative estimate of drug-likeness (QED) is 0.707. The summed E-state index contributed by atoms with van der Waals surface area (Å²) in [4.78, 5) is 1.20. The van der Waals surface area contributed by atoms with Gasteiger partial charge < -0.3 is 4.74 Å². The third kappa shape index (κ3) is 2.48. The van der Waals surface area contributed by atoms with Gasteiger partial charge in [-0.1, -0.05) is 36.4 Å². The molecule has 0 atom stereocenters. The Morgan fingerprint density at radius 3 is 2.53 bits per heavy atom. The van der Waals surface area contributed by atoms with E-state index in [9.17, 15) is 0 Å². The summed E-state index contributed by atoms with van der Waals surface area (Å²) in [6, 6.07) is 14.2. The van der Waals surface area contributed by atoms with E-state index in [1.807, 2.05) is 36.4 Å². The van der Waals surface area contributed by atoms with E-state index in [4.69, 9.17) is 4.74 Å². The number of methoxy groups -OCH3 is 1. The average Bonchev–Trinajstić information content (AvgIpc) is 2.80. The summed E-state index contributed by atoms with van der Waals surface area (Å²) in [6.45, 7) is 0. The van der Waals surface area contributed by atoms with Gasteiger partial charge in [0.25, 0.3) is 0 Å². The van der Waals surface area contributed by atoms with Gasteiger partial charge in [0, 0.05) is 10.4 Å². The van der Waals surface area contributed by atoms with Crippen molar-refractivity contribution in [2.45, 2.75) is 0 Å². The van der Waals surface area contributed by atoms with Gasteiger partial charge in [-0.25, -0.2) is 0 Å². The molecule has 0 spiro atoms. The molecule has 0 amide bonds. The van der Waals surface area contributed by atoms with E-state index < -0.39 is 0 Å². The Kier molecular flexibility index (Phi) is 3.20. The van der Waals surface area contributed by atoms with Crippen molar-refractivity contribution in [2.75, 3.05) is 7.11 Å². The maximum absolute atomic E-state index is 5.38. The van der Waals surface area contributed by atoms with Crippen molar-refractivity contribution in [1.29, 1.82) is 0 Å². The Morgan fingerprint density at radius 1 is 1.13 bits per heavy atom. The van der Waals surface area contributed by atoms with Gasteiger partial charge in [-0.05, 0) is 17.5 Å². The maximum atomic E-state index is 5.38. The second-order valence-electron chi connectivity index (χ2n) is 3.09. The highest BCUT2D eigenvalue weighted by Gasteiger charge is 2.00.